The quantitative estimate of drug-likeness (QED) is 0.278. The van der Waals surface area contributed by atoms with Crippen molar-refractivity contribution in [1.29, 1.82) is 0 Å². The number of amides is 4. The van der Waals surface area contributed by atoms with E-state index in [1.807, 2.05) is 45.0 Å². The van der Waals surface area contributed by atoms with Gasteiger partial charge in [-0.2, -0.15) is 0 Å². The lowest BCUT2D eigenvalue weighted by Gasteiger charge is -2.35. The second kappa shape index (κ2) is 10.9. The van der Waals surface area contributed by atoms with Crippen molar-refractivity contribution in [2.75, 3.05) is 6.54 Å². The molecule has 0 spiro atoms. The molecule has 1 unspecified atom stereocenters. The summed E-state index contributed by atoms with van der Waals surface area (Å²) in [4.78, 5) is 67.0. The van der Waals surface area contributed by atoms with Gasteiger partial charge in [0.25, 0.3) is 5.91 Å². The second-order valence-electron chi connectivity index (χ2n) is 13.3. The molecule has 2 saturated carbocycles. The van der Waals surface area contributed by atoms with Crippen molar-refractivity contribution in [3.05, 3.63) is 35.4 Å². The molecule has 5 rings (SSSR count). The number of nitrogens with zero attached hydrogens (tertiary/aromatic N) is 1. The van der Waals surface area contributed by atoms with E-state index >= 15 is 0 Å². The molecule has 3 fully saturated rings. The number of urea groups is 1. The lowest BCUT2D eigenvalue weighted by molar-refractivity contribution is -0.143. The molecule has 1 saturated heterocycles. The number of hydrogen-bond acceptors (Lipinski definition) is 5. The Morgan fingerprint density at radius 2 is 1.68 bits per heavy atom. The molecular weight excluding hydrogens is 567 g/mol. The van der Waals surface area contributed by atoms with E-state index in [0.29, 0.717) is 19.3 Å². The summed E-state index contributed by atoms with van der Waals surface area (Å²) in [6.45, 7) is 5.72. The number of carbonyl (C=O) groups excluding carboxylic acids is 5. The molecule has 11 heteroatoms. The number of benzene rings is 1. The van der Waals surface area contributed by atoms with Crippen LogP contribution in [-0.4, -0.2) is 62.8 Å². The van der Waals surface area contributed by atoms with E-state index in [2.05, 4.69) is 10.6 Å². The van der Waals surface area contributed by atoms with Crippen LogP contribution in [0.1, 0.15) is 57.6 Å². The van der Waals surface area contributed by atoms with Crippen molar-refractivity contribution in [2.24, 2.45) is 35.3 Å². The first-order chi connectivity index (χ1) is 19.2. The Morgan fingerprint density at radius 3 is 2.22 bits per heavy atom. The Balaban J connectivity index is 1.39. The third kappa shape index (κ3) is 6.26. The van der Waals surface area contributed by atoms with Gasteiger partial charge in [0.2, 0.25) is 11.7 Å². The summed E-state index contributed by atoms with van der Waals surface area (Å²) in [6.07, 6.45) is 3.29. The average Bonchev–Trinajstić information content (AvgIpc) is 3.63. The van der Waals surface area contributed by atoms with Crippen LogP contribution >= 0.6 is 23.2 Å². The number of hydrogen-bond donors (Lipinski definition) is 3. The molecule has 222 valence electrons. The van der Waals surface area contributed by atoms with Gasteiger partial charge in [-0.05, 0) is 63.0 Å². The molecule has 41 heavy (non-hydrogen) atoms. The van der Waals surface area contributed by atoms with Gasteiger partial charge in [-0.15, -0.1) is 23.2 Å². The summed E-state index contributed by atoms with van der Waals surface area (Å²) in [5.74, 6) is -4.12. The van der Waals surface area contributed by atoms with Crippen LogP contribution in [0.4, 0.5) is 4.79 Å². The molecule has 4 aliphatic rings. The highest BCUT2D eigenvalue weighted by Gasteiger charge is 2.73. The van der Waals surface area contributed by atoms with Crippen LogP contribution in [0.15, 0.2) is 24.3 Å². The highest BCUT2D eigenvalue weighted by molar-refractivity contribution is 6.51. The molecule has 1 heterocycles. The van der Waals surface area contributed by atoms with E-state index < -0.39 is 51.5 Å². The number of Topliss-reactive ketones (excluding diaryl/α,β-unsaturated/α-hetero) is 2. The Bertz CT molecular complexity index is 1250. The van der Waals surface area contributed by atoms with Gasteiger partial charge in [-0.3, -0.25) is 19.2 Å². The van der Waals surface area contributed by atoms with Gasteiger partial charge < -0.3 is 21.3 Å². The molecule has 4 N–H and O–H groups in total. The molecule has 0 bridgehead atoms. The molecule has 1 aromatic carbocycles. The smallest absolute Gasteiger partial charge is 0.315 e. The number of fused-ring (bicyclic) bond motifs is 2. The SMILES string of the molecule is CC(C)(C)NC(=O)N[C@H](C(=O)N1C[C@H]2[C@@H]([C@H]1C(=O)CC(CC1CC1)C(=O)C(N)=O)C2(Cl)Cl)C1Cc2ccccc2C1. The molecule has 4 amide bonds. The van der Waals surface area contributed by atoms with E-state index in [0.717, 1.165) is 24.0 Å². The first-order valence-corrected chi connectivity index (χ1v) is 15.1. The molecule has 0 radical (unpaired) electrons. The number of rotatable bonds is 10. The van der Waals surface area contributed by atoms with Gasteiger partial charge in [-0.1, -0.05) is 37.1 Å². The number of likely N-dealkylation sites (tertiary alicyclic amines) is 1. The van der Waals surface area contributed by atoms with Gasteiger partial charge >= 0.3 is 6.03 Å². The maximum absolute atomic E-state index is 14.3. The van der Waals surface area contributed by atoms with E-state index in [9.17, 15) is 24.0 Å². The van der Waals surface area contributed by atoms with Crippen molar-refractivity contribution in [3.8, 4) is 0 Å². The fourth-order valence-corrected chi connectivity index (χ4v) is 7.54. The van der Waals surface area contributed by atoms with Crippen LogP contribution in [0.3, 0.4) is 0 Å². The number of piperidine rings is 1. The third-order valence-electron chi connectivity index (χ3n) is 8.92. The minimum atomic E-state index is -1.16. The van der Waals surface area contributed by atoms with Gasteiger partial charge in [0, 0.05) is 36.3 Å². The summed E-state index contributed by atoms with van der Waals surface area (Å²) in [5, 5.41) is 5.78. The number of nitrogens with one attached hydrogen (secondary N) is 2. The summed E-state index contributed by atoms with van der Waals surface area (Å²) in [6, 6.07) is 5.62. The van der Waals surface area contributed by atoms with Crippen LogP contribution in [0.25, 0.3) is 0 Å². The van der Waals surface area contributed by atoms with Gasteiger partial charge in [0.05, 0.1) is 6.04 Å². The molecule has 1 aromatic rings. The fraction of sp³-hybridized carbons (Fsp3) is 0.633. The van der Waals surface area contributed by atoms with Crippen LogP contribution in [0, 0.1) is 29.6 Å². The number of halogens is 2. The van der Waals surface area contributed by atoms with E-state index in [1.165, 1.54) is 4.90 Å². The van der Waals surface area contributed by atoms with Crippen LogP contribution < -0.4 is 16.4 Å². The summed E-state index contributed by atoms with van der Waals surface area (Å²) >= 11 is 13.1. The first-order valence-electron chi connectivity index (χ1n) is 14.4. The Hall–Kier alpha value is -2.65. The summed E-state index contributed by atoms with van der Waals surface area (Å²) in [7, 11) is 0. The lowest BCUT2D eigenvalue weighted by atomic mass is 9.88. The van der Waals surface area contributed by atoms with Crippen molar-refractivity contribution < 1.29 is 24.0 Å². The zero-order chi connectivity index (χ0) is 29.9. The van der Waals surface area contributed by atoms with Crippen LogP contribution in [-0.2, 0) is 32.0 Å². The topological polar surface area (TPSA) is 139 Å². The zero-order valence-corrected chi connectivity index (χ0v) is 25.1. The maximum atomic E-state index is 14.3. The predicted octanol–water partition coefficient (Wildman–Crippen LogP) is 2.93. The van der Waals surface area contributed by atoms with Crippen molar-refractivity contribution in [1.82, 2.24) is 15.5 Å². The van der Waals surface area contributed by atoms with Gasteiger partial charge in [0.1, 0.15) is 10.4 Å². The van der Waals surface area contributed by atoms with Crippen LogP contribution in [0.5, 0.6) is 0 Å². The van der Waals surface area contributed by atoms with Crippen molar-refractivity contribution in [3.63, 3.8) is 0 Å². The average molecular weight is 606 g/mol. The largest absolute Gasteiger partial charge is 0.363 e. The molecular formula is C30H38Cl2N4O5. The fourth-order valence-electron chi connectivity index (χ4n) is 6.71. The van der Waals surface area contributed by atoms with E-state index in [-0.39, 0.29) is 42.4 Å². The minimum absolute atomic E-state index is 0.169. The standard InChI is InChI=1S/C30H38Cl2N4O5/c1-29(2,3)35-28(41)34-23(18-11-16-6-4-5-7-17(16)12-18)27(40)36-14-20-22(30(20,31)32)24(36)21(37)13-19(10-15-8-9-15)25(38)26(33)39/h4-7,15,18-20,22-24H,8-14H2,1-3H3,(H2,33,39)(H2,34,35,41)/t19?,20-,22-,23-,24+/m0/s1. The number of ketones is 2. The monoisotopic (exact) mass is 604 g/mol. The zero-order valence-electron chi connectivity index (χ0n) is 23.6. The number of alkyl halides is 2. The Morgan fingerprint density at radius 1 is 1.07 bits per heavy atom. The second-order valence-corrected chi connectivity index (χ2v) is 14.7. The first kappa shape index (κ1) is 29.8. The van der Waals surface area contributed by atoms with Crippen LogP contribution in [0.2, 0.25) is 0 Å². The van der Waals surface area contributed by atoms with E-state index in [1.54, 1.807) is 0 Å². The molecule has 3 aliphatic carbocycles. The van der Waals surface area contributed by atoms with Gasteiger partial charge in [-0.25, -0.2) is 4.79 Å². The minimum Gasteiger partial charge on any atom is -0.363 e. The Labute approximate surface area is 250 Å². The number of nitrogens with two attached hydrogens (primary N) is 1. The van der Waals surface area contributed by atoms with E-state index in [4.69, 9.17) is 28.9 Å². The molecule has 5 atom stereocenters. The molecule has 1 aliphatic heterocycles. The highest BCUT2D eigenvalue weighted by Crippen LogP contribution is 2.65. The van der Waals surface area contributed by atoms with Gasteiger partial charge in [0.15, 0.2) is 5.78 Å². The lowest BCUT2D eigenvalue weighted by Crippen LogP contribution is -2.59. The third-order valence-corrected chi connectivity index (χ3v) is 9.98. The summed E-state index contributed by atoms with van der Waals surface area (Å²) < 4.78 is -1.16. The predicted molar refractivity (Wildman–Crippen MR) is 154 cm³/mol. The highest BCUT2D eigenvalue weighted by atomic mass is 35.5. The van der Waals surface area contributed by atoms with Crippen molar-refractivity contribution in [2.45, 2.75) is 81.3 Å². The van der Waals surface area contributed by atoms with Crippen molar-refractivity contribution >= 4 is 52.6 Å². The molecule has 9 nitrogen and oxygen atoms in total. The number of carbonyl (C=O) groups is 5. The maximum Gasteiger partial charge on any atom is 0.315 e. The summed E-state index contributed by atoms with van der Waals surface area (Å²) in [5.41, 5.74) is 7.02. The normalized spacial score (nSPS) is 26.0. The Kier molecular flexibility index (Phi) is 7.92. The molecule has 0 aromatic heterocycles. The number of primary amides is 1.